The van der Waals surface area contributed by atoms with Gasteiger partial charge in [0, 0.05) is 19.8 Å². The van der Waals surface area contributed by atoms with Gasteiger partial charge in [-0.2, -0.15) is 0 Å². The molecule has 0 atom stereocenters. The zero-order valence-corrected chi connectivity index (χ0v) is 10.3. The molecule has 0 aliphatic rings. The summed E-state index contributed by atoms with van der Waals surface area (Å²) in [4.78, 5) is 12.9. The van der Waals surface area contributed by atoms with Crippen molar-refractivity contribution < 1.29 is 4.79 Å². The monoisotopic (exact) mass is 220 g/mol. The van der Waals surface area contributed by atoms with Gasteiger partial charge in [-0.25, -0.2) is 0 Å². The standard InChI is InChI=1S/C13H20N2O/c1-4-5-11-6-8-12(9-7-11)14-10-13(16)15(2)3/h6-9,14H,4-5,10H2,1-3H3. The summed E-state index contributed by atoms with van der Waals surface area (Å²) in [5, 5.41) is 3.10. The zero-order chi connectivity index (χ0) is 12.0. The van der Waals surface area contributed by atoms with Crippen molar-refractivity contribution in [1.82, 2.24) is 4.90 Å². The van der Waals surface area contributed by atoms with E-state index in [1.165, 1.54) is 5.56 Å². The van der Waals surface area contributed by atoms with E-state index in [-0.39, 0.29) is 5.91 Å². The summed E-state index contributed by atoms with van der Waals surface area (Å²) >= 11 is 0. The van der Waals surface area contributed by atoms with Crippen molar-refractivity contribution in [3.05, 3.63) is 29.8 Å². The van der Waals surface area contributed by atoms with Gasteiger partial charge < -0.3 is 10.2 Å². The van der Waals surface area contributed by atoms with E-state index in [9.17, 15) is 4.79 Å². The van der Waals surface area contributed by atoms with Crippen molar-refractivity contribution in [2.24, 2.45) is 0 Å². The van der Waals surface area contributed by atoms with Crippen LogP contribution in [0.25, 0.3) is 0 Å². The van der Waals surface area contributed by atoms with Gasteiger partial charge in [-0.1, -0.05) is 25.5 Å². The molecule has 0 aliphatic carbocycles. The fourth-order valence-corrected chi connectivity index (χ4v) is 1.41. The molecule has 3 nitrogen and oxygen atoms in total. The molecule has 0 heterocycles. The average Bonchev–Trinajstić information content (AvgIpc) is 2.28. The van der Waals surface area contributed by atoms with E-state index >= 15 is 0 Å². The molecule has 0 fully saturated rings. The Morgan fingerprint density at radius 2 is 1.88 bits per heavy atom. The number of anilines is 1. The smallest absolute Gasteiger partial charge is 0.241 e. The predicted octanol–water partition coefficient (Wildman–Crippen LogP) is 2.14. The minimum atomic E-state index is 0.0811. The van der Waals surface area contributed by atoms with Gasteiger partial charge in [0.05, 0.1) is 6.54 Å². The zero-order valence-electron chi connectivity index (χ0n) is 10.3. The fourth-order valence-electron chi connectivity index (χ4n) is 1.41. The van der Waals surface area contributed by atoms with E-state index in [1.54, 1.807) is 19.0 Å². The Labute approximate surface area is 97.5 Å². The van der Waals surface area contributed by atoms with Crippen LogP contribution in [0, 0.1) is 0 Å². The average molecular weight is 220 g/mol. The fraction of sp³-hybridized carbons (Fsp3) is 0.462. The first-order chi connectivity index (χ1) is 7.63. The molecule has 0 radical (unpaired) electrons. The lowest BCUT2D eigenvalue weighted by Gasteiger charge is -2.11. The van der Waals surface area contributed by atoms with Crippen LogP contribution in [-0.4, -0.2) is 31.4 Å². The number of aryl methyl sites for hydroxylation is 1. The van der Waals surface area contributed by atoms with Gasteiger partial charge >= 0.3 is 0 Å². The minimum absolute atomic E-state index is 0.0811. The lowest BCUT2D eigenvalue weighted by molar-refractivity contribution is -0.126. The van der Waals surface area contributed by atoms with Crippen molar-refractivity contribution in [2.45, 2.75) is 19.8 Å². The van der Waals surface area contributed by atoms with E-state index in [1.807, 2.05) is 12.1 Å². The Bertz CT molecular complexity index is 330. The molecule has 16 heavy (non-hydrogen) atoms. The lowest BCUT2D eigenvalue weighted by atomic mass is 10.1. The second-order valence-electron chi connectivity index (χ2n) is 4.09. The number of hydrogen-bond acceptors (Lipinski definition) is 2. The maximum atomic E-state index is 11.3. The summed E-state index contributed by atoms with van der Waals surface area (Å²) in [5.74, 6) is 0.0811. The molecule has 0 aliphatic heterocycles. The van der Waals surface area contributed by atoms with Crippen LogP contribution in [0.3, 0.4) is 0 Å². The highest BCUT2D eigenvalue weighted by Crippen LogP contribution is 2.10. The van der Waals surface area contributed by atoms with Gasteiger partial charge in [-0.15, -0.1) is 0 Å². The van der Waals surface area contributed by atoms with Crippen molar-refractivity contribution in [3.8, 4) is 0 Å². The van der Waals surface area contributed by atoms with Crippen molar-refractivity contribution in [1.29, 1.82) is 0 Å². The number of hydrogen-bond donors (Lipinski definition) is 1. The summed E-state index contributed by atoms with van der Waals surface area (Å²) in [6.45, 7) is 2.52. The first kappa shape index (κ1) is 12.6. The van der Waals surface area contributed by atoms with Crippen LogP contribution in [-0.2, 0) is 11.2 Å². The molecule has 0 unspecified atom stereocenters. The molecule has 0 saturated heterocycles. The van der Waals surface area contributed by atoms with E-state index in [0.29, 0.717) is 6.54 Å². The van der Waals surface area contributed by atoms with Gasteiger partial charge in [-0.3, -0.25) is 4.79 Å². The third kappa shape index (κ3) is 3.93. The van der Waals surface area contributed by atoms with Crippen LogP contribution < -0.4 is 5.32 Å². The first-order valence-corrected chi connectivity index (χ1v) is 5.66. The highest BCUT2D eigenvalue weighted by Gasteiger charge is 2.02. The van der Waals surface area contributed by atoms with Crippen LogP contribution in [0.4, 0.5) is 5.69 Å². The number of likely N-dealkylation sites (N-methyl/N-ethyl adjacent to an activating group) is 1. The molecule has 0 aromatic heterocycles. The SMILES string of the molecule is CCCc1ccc(NCC(=O)N(C)C)cc1. The van der Waals surface area contributed by atoms with E-state index in [0.717, 1.165) is 18.5 Å². The topological polar surface area (TPSA) is 32.3 Å². The summed E-state index contributed by atoms with van der Waals surface area (Å²) in [5.41, 5.74) is 2.34. The Kier molecular flexibility index (Phi) is 4.83. The van der Waals surface area contributed by atoms with E-state index in [2.05, 4.69) is 24.4 Å². The molecule has 0 bridgehead atoms. The Morgan fingerprint density at radius 1 is 1.25 bits per heavy atom. The lowest BCUT2D eigenvalue weighted by Crippen LogP contribution is -2.28. The highest BCUT2D eigenvalue weighted by atomic mass is 16.2. The van der Waals surface area contributed by atoms with E-state index < -0.39 is 0 Å². The van der Waals surface area contributed by atoms with E-state index in [4.69, 9.17) is 0 Å². The minimum Gasteiger partial charge on any atom is -0.376 e. The normalized spacial score (nSPS) is 9.94. The summed E-state index contributed by atoms with van der Waals surface area (Å²) < 4.78 is 0. The number of amides is 1. The summed E-state index contributed by atoms with van der Waals surface area (Å²) in [6, 6.07) is 8.25. The third-order valence-electron chi connectivity index (χ3n) is 2.44. The van der Waals surface area contributed by atoms with Gasteiger partial charge in [0.1, 0.15) is 0 Å². The molecule has 1 aromatic carbocycles. The molecule has 0 spiro atoms. The number of rotatable bonds is 5. The maximum Gasteiger partial charge on any atom is 0.241 e. The van der Waals surface area contributed by atoms with Crippen LogP contribution in [0.15, 0.2) is 24.3 Å². The molecule has 0 saturated carbocycles. The third-order valence-corrected chi connectivity index (χ3v) is 2.44. The molecular formula is C13H20N2O. The van der Waals surface area contributed by atoms with Gasteiger partial charge in [0.15, 0.2) is 0 Å². The number of nitrogens with one attached hydrogen (secondary N) is 1. The van der Waals surface area contributed by atoms with Crippen molar-refractivity contribution in [3.63, 3.8) is 0 Å². The van der Waals surface area contributed by atoms with Crippen LogP contribution in [0.2, 0.25) is 0 Å². The molecule has 1 amide bonds. The summed E-state index contributed by atoms with van der Waals surface area (Å²) in [6.07, 6.45) is 2.27. The molecule has 1 aromatic rings. The Balaban J connectivity index is 2.46. The van der Waals surface area contributed by atoms with Crippen LogP contribution in [0.1, 0.15) is 18.9 Å². The van der Waals surface area contributed by atoms with Crippen LogP contribution >= 0.6 is 0 Å². The largest absolute Gasteiger partial charge is 0.376 e. The highest BCUT2D eigenvalue weighted by molar-refractivity contribution is 5.80. The molecule has 1 rings (SSSR count). The quantitative estimate of drug-likeness (QED) is 0.824. The van der Waals surface area contributed by atoms with Crippen molar-refractivity contribution >= 4 is 11.6 Å². The predicted molar refractivity (Wildman–Crippen MR) is 67.6 cm³/mol. The van der Waals surface area contributed by atoms with Crippen molar-refractivity contribution in [2.75, 3.05) is 26.0 Å². The van der Waals surface area contributed by atoms with Gasteiger partial charge in [-0.05, 0) is 24.1 Å². The Hall–Kier alpha value is -1.51. The molecule has 3 heteroatoms. The number of nitrogens with zero attached hydrogens (tertiary/aromatic N) is 1. The van der Waals surface area contributed by atoms with Gasteiger partial charge in [0.2, 0.25) is 5.91 Å². The second kappa shape index (κ2) is 6.16. The second-order valence-corrected chi connectivity index (χ2v) is 4.09. The number of benzene rings is 1. The Morgan fingerprint density at radius 3 is 2.38 bits per heavy atom. The molecule has 1 N–H and O–H groups in total. The number of carbonyl (C=O) groups is 1. The molecular weight excluding hydrogens is 200 g/mol. The number of carbonyl (C=O) groups excluding carboxylic acids is 1. The molecule has 88 valence electrons. The van der Waals surface area contributed by atoms with Crippen LogP contribution in [0.5, 0.6) is 0 Å². The van der Waals surface area contributed by atoms with Gasteiger partial charge in [0.25, 0.3) is 0 Å². The maximum absolute atomic E-state index is 11.3. The first-order valence-electron chi connectivity index (χ1n) is 5.66. The summed E-state index contributed by atoms with van der Waals surface area (Å²) in [7, 11) is 3.52.